The number of likely N-dealkylation sites (tertiary alicyclic amines) is 1. The number of carbonyl (C=O) groups excluding carboxylic acids is 1. The van der Waals surface area contributed by atoms with E-state index in [1.807, 2.05) is 4.90 Å². The minimum Gasteiger partial charge on any atom is -0.397 e. The van der Waals surface area contributed by atoms with Crippen LogP contribution in [0.25, 0.3) is 0 Å². The van der Waals surface area contributed by atoms with Crippen LogP contribution in [0.3, 0.4) is 0 Å². The summed E-state index contributed by atoms with van der Waals surface area (Å²) in [5, 5.41) is 0.442. The molecule has 2 rings (SSSR count). The van der Waals surface area contributed by atoms with Crippen molar-refractivity contribution in [3.8, 4) is 0 Å². The Morgan fingerprint density at radius 3 is 2.83 bits per heavy atom. The number of hydrogen-bond donors (Lipinski definition) is 1. The number of nitrogens with zero attached hydrogens (tertiary/aromatic N) is 1. The van der Waals surface area contributed by atoms with Gasteiger partial charge in [-0.3, -0.25) is 4.79 Å². The summed E-state index contributed by atoms with van der Waals surface area (Å²) in [6.07, 6.45) is 2.20. The maximum atomic E-state index is 12.4. The van der Waals surface area contributed by atoms with Crippen LogP contribution in [-0.4, -0.2) is 23.9 Å². The molecule has 98 valence electrons. The second-order valence-corrected chi connectivity index (χ2v) is 6.10. The van der Waals surface area contributed by atoms with E-state index in [2.05, 4.69) is 13.8 Å². The molecule has 1 aromatic rings. The standard InChI is InChI=1S/C14H19ClN2O/c1-14(2)7-4-8-17(9-14)13(18)10-5-3-6-11(15)12(10)16/h3,5-6H,4,7-9,16H2,1-2H3. The van der Waals surface area contributed by atoms with Crippen molar-refractivity contribution < 1.29 is 4.79 Å². The highest BCUT2D eigenvalue weighted by atomic mass is 35.5. The molecule has 0 bridgehead atoms. The summed E-state index contributed by atoms with van der Waals surface area (Å²) >= 11 is 5.96. The molecule has 1 heterocycles. The predicted molar refractivity (Wildman–Crippen MR) is 74.8 cm³/mol. The molecular weight excluding hydrogens is 248 g/mol. The number of nitrogens with two attached hydrogens (primary N) is 1. The molecule has 1 aliphatic heterocycles. The van der Waals surface area contributed by atoms with Crippen molar-refractivity contribution in [3.63, 3.8) is 0 Å². The number of anilines is 1. The van der Waals surface area contributed by atoms with Crippen molar-refractivity contribution in [1.82, 2.24) is 4.90 Å². The number of rotatable bonds is 1. The molecule has 0 radical (unpaired) electrons. The molecule has 1 fully saturated rings. The Morgan fingerprint density at radius 1 is 1.44 bits per heavy atom. The molecule has 1 saturated heterocycles. The van der Waals surface area contributed by atoms with Crippen molar-refractivity contribution in [3.05, 3.63) is 28.8 Å². The first-order valence-electron chi connectivity index (χ1n) is 6.24. The number of para-hydroxylation sites is 1. The molecule has 3 nitrogen and oxygen atoms in total. The van der Waals surface area contributed by atoms with E-state index in [9.17, 15) is 4.79 Å². The van der Waals surface area contributed by atoms with Crippen molar-refractivity contribution >= 4 is 23.2 Å². The molecule has 18 heavy (non-hydrogen) atoms. The Bertz CT molecular complexity index is 471. The highest BCUT2D eigenvalue weighted by molar-refractivity contribution is 6.33. The van der Waals surface area contributed by atoms with E-state index in [1.54, 1.807) is 18.2 Å². The number of piperidine rings is 1. The fraction of sp³-hybridized carbons (Fsp3) is 0.500. The molecule has 0 aromatic heterocycles. The molecule has 0 atom stereocenters. The Morgan fingerprint density at radius 2 is 2.17 bits per heavy atom. The quantitative estimate of drug-likeness (QED) is 0.794. The van der Waals surface area contributed by atoms with Gasteiger partial charge in [0.05, 0.1) is 16.3 Å². The van der Waals surface area contributed by atoms with Crippen LogP contribution in [0, 0.1) is 5.41 Å². The highest BCUT2D eigenvalue weighted by Gasteiger charge is 2.30. The van der Waals surface area contributed by atoms with Crippen molar-refractivity contribution in [2.75, 3.05) is 18.8 Å². The van der Waals surface area contributed by atoms with Gasteiger partial charge in [0.2, 0.25) is 0 Å². The average molecular weight is 267 g/mol. The number of carbonyl (C=O) groups is 1. The molecule has 1 aliphatic rings. The van der Waals surface area contributed by atoms with Crippen LogP contribution in [0.5, 0.6) is 0 Å². The lowest BCUT2D eigenvalue weighted by molar-refractivity contribution is 0.0584. The lowest BCUT2D eigenvalue weighted by Crippen LogP contribution is -2.43. The lowest BCUT2D eigenvalue weighted by atomic mass is 9.84. The van der Waals surface area contributed by atoms with Crippen LogP contribution in [0.2, 0.25) is 5.02 Å². The van der Waals surface area contributed by atoms with Crippen molar-refractivity contribution in [2.45, 2.75) is 26.7 Å². The molecule has 0 aliphatic carbocycles. The third kappa shape index (κ3) is 2.61. The zero-order chi connectivity index (χ0) is 13.3. The van der Waals surface area contributed by atoms with Crippen LogP contribution in [0.1, 0.15) is 37.0 Å². The first-order valence-corrected chi connectivity index (χ1v) is 6.62. The molecule has 4 heteroatoms. The van der Waals surface area contributed by atoms with Crippen LogP contribution in [0.15, 0.2) is 18.2 Å². The summed E-state index contributed by atoms with van der Waals surface area (Å²) in [5.74, 6) is -0.0113. The van der Waals surface area contributed by atoms with E-state index in [1.165, 1.54) is 0 Å². The minimum absolute atomic E-state index is 0.0113. The minimum atomic E-state index is -0.0113. The zero-order valence-corrected chi connectivity index (χ0v) is 11.6. The van der Waals surface area contributed by atoms with Gasteiger partial charge in [0.1, 0.15) is 0 Å². The number of amides is 1. The van der Waals surface area contributed by atoms with Crippen LogP contribution in [0.4, 0.5) is 5.69 Å². The average Bonchev–Trinajstić information content (AvgIpc) is 2.30. The van der Waals surface area contributed by atoms with E-state index < -0.39 is 0 Å². The van der Waals surface area contributed by atoms with Gasteiger partial charge in [-0.05, 0) is 30.4 Å². The van der Waals surface area contributed by atoms with Gasteiger partial charge in [-0.15, -0.1) is 0 Å². The van der Waals surface area contributed by atoms with E-state index >= 15 is 0 Å². The summed E-state index contributed by atoms with van der Waals surface area (Å²) < 4.78 is 0. The normalized spacial score (nSPS) is 18.7. The van der Waals surface area contributed by atoms with Gasteiger partial charge in [0.15, 0.2) is 0 Å². The summed E-state index contributed by atoms with van der Waals surface area (Å²) in [5.41, 5.74) is 6.96. The number of hydrogen-bond acceptors (Lipinski definition) is 2. The summed E-state index contributed by atoms with van der Waals surface area (Å²) in [6.45, 7) is 5.95. The maximum Gasteiger partial charge on any atom is 0.256 e. The van der Waals surface area contributed by atoms with Gasteiger partial charge in [0, 0.05) is 13.1 Å². The molecule has 0 spiro atoms. The zero-order valence-electron chi connectivity index (χ0n) is 10.9. The van der Waals surface area contributed by atoms with Gasteiger partial charge >= 0.3 is 0 Å². The fourth-order valence-corrected chi connectivity index (χ4v) is 2.67. The first-order chi connectivity index (χ1) is 8.41. The Hall–Kier alpha value is -1.22. The Kier molecular flexibility index (Phi) is 3.53. The van der Waals surface area contributed by atoms with Gasteiger partial charge < -0.3 is 10.6 Å². The number of halogens is 1. The Balaban J connectivity index is 2.23. The second-order valence-electron chi connectivity index (χ2n) is 5.70. The van der Waals surface area contributed by atoms with E-state index in [0.29, 0.717) is 16.3 Å². The third-order valence-corrected chi connectivity index (χ3v) is 3.80. The van der Waals surface area contributed by atoms with Gasteiger partial charge in [-0.25, -0.2) is 0 Å². The summed E-state index contributed by atoms with van der Waals surface area (Å²) in [4.78, 5) is 14.3. The van der Waals surface area contributed by atoms with Gasteiger partial charge in [-0.2, -0.15) is 0 Å². The number of nitrogen functional groups attached to an aromatic ring is 1. The monoisotopic (exact) mass is 266 g/mol. The summed E-state index contributed by atoms with van der Waals surface area (Å²) in [6, 6.07) is 5.21. The lowest BCUT2D eigenvalue weighted by Gasteiger charge is -2.38. The van der Waals surface area contributed by atoms with Crippen molar-refractivity contribution in [1.29, 1.82) is 0 Å². The first kappa shape index (κ1) is 13.2. The smallest absolute Gasteiger partial charge is 0.256 e. The third-order valence-electron chi connectivity index (χ3n) is 3.47. The van der Waals surface area contributed by atoms with E-state index in [-0.39, 0.29) is 11.3 Å². The van der Waals surface area contributed by atoms with Crippen molar-refractivity contribution in [2.24, 2.45) is 5.41 Å². The highest BCUT2D eigenvalue weighted by Crippen LogP contribution is 2.31. The molecule has 2 N–H and O–H groups in total. The van der Waals surface area contributed by atoms with Crippen LogP contribution >= 0.6 is 11.6 Å². The topological polar surface area (TPSA) is 46.3 Å². The molecule has 0 unspecified atom stereocenters. The van der Waals surface area contributed by atoms with E-state index in [4.69, 9.17) is 17.3 Å². The number of benzene rings is 1. The second kappa shape index (κ2) is 4.81. The van der Waals surface area contributed by atoms with Gasteiger partial charge in [0.25, 0.3) is 5.91 Å². The Labute approximate surface area is 113 Å². The SMILES string of the molecule is CC1(C)CCCN(C(=O)c2cccc(Cl)c2N)C1. The largest absolute Gasteiger partial charge is 0.397 e. The molecule has 0 saturated carbocycles. The van der Waals surface area contributed by atoms with Crippen LogP contribution in [-0.2, 0) is 0 Å². The van der Waals surface area contributed by atoms with Gasteiger partial charge in [-0.1, -0.05) is 31.5 Å². The fourth-order valence-electron chi connectivity index (χ4n) is 2.49. The molecule has 1 aromatic carbocycles. The molecular formula is C14H19ClN2O. The maximum absolute atomic E-state index is 12.4. The summed E-state index contributed by atoms with van der Waals surface area (Å²) in [7, 11) is 0. The molecule has 1 amide bonds. The van der Waals surface area contributed by atoms with E-state index in [0.717, 1.165) is 25.9 Å². The predicted octanol–water partition coefficient (Wildman–Crippen LogP) is 3.18. The van der Waals surface area contributed by atoms with Crippen LogP contribution < -0.4 is 5.73 Å².